The molecule has 1 fully saturated rings. The lowest BCUT2D eigenvalue weighted by Gasteiger charge is -2.15. The van der Waals surface area contributed by atoms with E-state index in [9.17, 15) is 5.11 Å². The number of hydrogen-bond donors (Lipinski definition) is 3. The summed E-state index contributed by atoms with van der Waals surface area (Å²) in [5.41, 5.74) is 0. The molecule has 1 heterocycles. The molecule has 1 saturated carbocycles. The number of hydrogen-bond acceptors (Lipinski definition) is 4. The minimum Gasteiger partial charge on any atom is -0.386 e. The van der Waals surface area contributed by atoms with Crippen LogP contribution in [-0.2, 0) is 4.74 Å². The largest absolute Gasteiger partial charge is 0.386 e. The summed E-state index contributed by atoms with van der Waals surface area (Å²) >= 11 is 1.63. The Hall–Kier alpha value is -1.63. The summed E-state index contributed by atoms with van der Waals surface area (Å²) in [6.45, 7) is 2.04. The SMILES string of the molecule is CN=C(NCCCOC1CCCC1)NCC(O)c1cc2ccccc2s1. The number of nitrogens with zero attached hydrogens (tertiary/aromatic N) is 1. The van der Waals surface area contributed by atoms with Gasteiger partial charge in [0.1, 0.15) is 6.10 Å². The van der Waals surface area contributed by atoms with Gasteiger partial charge in [0.15, 0.2) is 5.96 Å². The molecule has 1 atom stereocenters. The monoisotopic (exact) mass is 375 g/mol. The van der Waals surface area contributed by atoms with Crippen molar-refractivity contribution in [3.63, 3.8) is 0 Å². The Morgan fingerprint density at radius 2 is 2.12 bits per heavy atom. The average Bonchev–Trinajstić information content (AvgIpc) is 3.33. The van der Waals surface area contributed by atoms with Crippen LogP contribution in [0.15, 0.2) is 35.3 Å². The molecule has 6 heteroatoms. The number of aliphatic imine (C=N–C) groups is 1. The number of thiophene rings is 1. The average molecular weight is 376 g/mol. The first kappa shape index (κ1) is 19.1. The lowest BCUT2D eigenvalue weighted by atomic mass is 10.2. The number of aliphatic hydroxyl groups excluding tert-OH is 1. The number of guanidine groups is 1. The van der Waals surface area contributed by atoms with E-state index in [2.05, 4.69) is 33.8 Å². The maximum atomic E-state index is 10.4. The Balaban J connectivity index is 1.36. The van der Waals surface area contributed by atoms with Gasteiger partial charge in [0.2, 0.25) is 0 Å². The van der Waals surface area contributed by atoms with E-state index in [1.807, 2.05) is 12.1 Å². The molecule has 1 aromatic carbocycles. The Bertz CT molecular complexity index is 677. The van der Waals surface area contributed by atoms with Gasteiger partial charge in [-0.25, -0.2) is 0 Å². The Kier molecular flexibility index (Phi) is 7.29. The van der Waals surface area contributed by atoms with Crippen molar-refractivity contribution in [3.8, 4) is 0 Å². The number of nitrogens with one attached hydrogen (secondary N) is 2. The van der Waals surface area contributed by atoms with Crippen LogP contribution >= 0.6 is 11.3 Å². The Morgan fingerprint density at radius 3 is 2.88 bits per heavy atom. The lowest BCUT2D eigenvalue weighted by molar-refractivity contribution is 0.0573. The summed E-state index contributed by atoms with van der Waals surface area (Å²) in [4.78, 5) is 5.19. The lowest BCUT2D eigenvalue weighted by Crippen LogP contribution is -2.40. The summed E-state index contributed by atoms with van der Waals surface area (Å²) in [5.74, 6) is 0.714. The fraction of sp³-hybridized carbons (Fsp3) is 0.550. The van der Waals surface area contributed by atoms with Crippen molar-refractivity contribution < 1.29 is 9.84 Å². The second kappa shape index (κ2) is 9.90. The first-order valence-electron chi connectivity index (χ1n) is 9.49. The predicted octanol–water partition coefficient (Wildman–Crippen LogP) is 3.45. The van der Waals surface area contributed by atoms with Gasteiger partial charge in [-0.05, 0) is 36.8 Å². The van der Waals surface area contributed by atoms with Gasteiger partial charge >= 0.3 is 0 Å². The highest BCUT2D eigenvalue weighted by molar-refractivity contribution is 7.19. The molecule has 0 spiro atoms. The normalized spacial score (nSPS) is 16.9. The number of rotatable bonds is 8. The van der Waals surface area contributed by atoms with Crippen molar-refractivity contribution >= 4 is 27.4 Å². The second-order valence-corrected chi connectivity index (χ2v) is 7.83. The molecule has 0 aliphatic heterocycles. The summed E-state index contributed by atoms with van der Waals surface area (Å²) in [6, 6.07) is 10.3. The molecule has 1 aromatic heterocycles. The van der Waals surface area contributed by atoms with Crippen molar-refractivity contribution in [1.29, 1.82) is 0 Å². The van der Waals surface area contributed by atoms with Crippen LogP contribution in [0.2, 0.25) is 0 Å². The second-order valence-electron chi connectivity index (χ2n) is 6.71. The standard InChI is InChI=1S/C20H29N3O2S/c1-21-20(22-11-6-12-25-16-8-3-4-9-16)23-14-17(24)19-13-15-7-2-5-10-18(15)26-19/h2,5,7,10,13,16-17,24H,3-4,6,8-9,11-12,14H2,1H3,(H2,21,22,23). The molecule has 1 unspecified atom stereocenters. The van der Waals surface area contributed by atoms with E-state index in [1.54, 1.807) is 18.4 Å². The predicted molar refractivity (Wildman–Crippen MR) is 109 cm³/mol. The van der Waals surface area contributed by atoms with Gasteiger partial charge in [0.25, 0.3) is 0 Å². The first-order valence-corrected chi connectivity index (χ1v) is 10.3. The molecule has 0 bridgehead atoms. The zero-order chi connectivity index (χ0) is 18.2. The van der Waals surface area contributed by atoms with Gasteiger partial charge in [-0.2, -0.15) is 0 Å². The third kappa shape index (κ3) is 5.43. The molecule has 26 heavy (non-hydrogen) atoms. The summed E-state index contributed by atoms with van der Waals surface area (Å²) in [7, 11) is 1.75. The zero-order valence-electron chi connectivity index (χ0n) is 15.4. The zero-order valence-corrected chi connectivity index (χ0v) is 16.2. The fourth-order valence-corrected chi connectivity index (χ4v) is 4.32. The molecule has 0 radical (unpaired) electrons. The van der Waals surface area contributed by atoms with Gasteiger partial charge < -0.3 is 20.5 Å². The highest BCUT2D eigenvalue weighted by Gasteiger charge is 2.15. The van der Waals surface area contributed by atoms with Crippen LogP contribution < -0.4 is 10.6 Å². The van der Waals surface area contributed by atoms with Crippen LogP contribution in [0, 0.1) is 0 Å². The molecule has 142 valence electrons. The van der Waals surface area contributed by atoms with Crippen LogP contribution in [0.4, 0.5) is 0 Å². The minimum atomic E-state index is -0.545. The van der Waals surface area contributed by atoms with Crippen molar-refractivity contribution in [2.75, 3.05) is 26.7 Å². The minimum absolute atomic E-state index is 0.436. The highest BCUT2D eigenvalue weighted by atomic mass is 32.1. The van der Waals surface area contributed by atoms with Gasteiger partial charge in [-0.15, -0.1) is 11.3 Å². The van der Waals surface area contributed by atoms with Crippen LogP contribution in [0.1, 0.15) is 43.1 Å². The number of ether oxygens (including phenoxy) is 1. The Morgan fingerprint density at radius 1 is 1.31 bits per heavy atom. The topological polar surface area (TPSA) is 65.9 Å². The van der Waals surface area contributed by atoms with E-state index in [-0.39, 0.29) is 0 Å². The first-order chi connectivity index (χ1) is 12.8. The molecule has 1 aliphatic rings. The molecular formula is C20H29N3O2S. The van der Waals surface area contributed by atoms with E-state index in [4.69, 9.17) is 4.74 Å². The van der Waals surface area contributed by atoms with Gasteiger partial charge in [0.05, 0.1) is 6.10 Å². The maximum absolute atomic E-state index is 10.4. The van der Waals surface area contributed by atoms with Crippen LogP contribution in [0.5, 0.6) is 0 Å². The molecule has 0 amide bonds. The quantitative estimate of drug-likeness (QED) is 0.376. The Labute approximate surface area is 159 Å². The molecule has 5 nitrogen and oxygen atoms in total. The van der Waals surface area contributed by atoms with E-state index in [1.165, 1.54) is 35.8 Å². The van der Waals surface area contributed by atoms with Crippen molar-refractivity contribution in [3.05, 3.63) is 35.2 Å². The molecule has 1 aliphatic carbocycles. The van der Waals surface area contributed by atoms with Gasteiger partial charge in [0, 0.05) is 36.3 Å². The molecule has 2 aromatic rings. The van der Waals surface area contributed by atoms with E-state index in [0.717, 1.165) is 24.4 Å². The molecular weight excluding hydrogens is 346 g/mol. The molecule has 3 N–H and O–H groups in total. The van der Waals surface area contributed by atoms with Crippen LogP contribution in [0.25, 0.3) is 10.1 Å². The van der Waals surface area contributed by atoms with Crippen molar-refractivity contribution in [2.24, 2.45) is 4.99 Å². The van der Waals surface area contributed by atoms with Crippen LogP contribution in [0.3, 0.4) is 0 Å². The van der Waals surface area contributed by atoms with Gasteiger partial charge in [-0.3, -0.25) is 4.99 Å². The van der Waals surface area contributed by atoms with E-state index in [0.29, 0.717) is 18.6 Å². The number of aliphatic hydroxyl groups is 1. The third-order valence-corrected chi connectivity index (χ3v) is 5.95. The van der Waals surface area contributed by atoms with Crippen molar-refractivity contribution in [1.82, 2.24) is 10.6 Å². The van der Waals surface area contributed by atoms with Crippen LogP contribution in [-0.4, -0.2) is 43.9 Å². The highest BCUT2D eigenvalue weighted by Crippen LogP contribution is 2.29. The third-order valence-electron chi connectivity index (χ3n) is 4.73. The van der Waals surface area contributed by atoms with Crippen molar-refractivity contribution in [2.45, 2.75) is 44.3 Å². The van der Waals surface area contributed by atoms with E-state index >= 15 is 0 Å². The van der Waals surface area contributed by atoms with Gasteiger partial charge in [-0.1, -0.05) is 31.0 Å². The molecule has 3 rings (SSSR count). The maximum Gasteiger partial charge on any atom is 0.191 e. The number of benzene rings is 1. The molecule has 0 saturated heterocycles. The summed E-state index contributed by atoms with van der Waals surface area (Å²) < 4.78 is 7.06. The summed E-state index contributed by atoms with van der Waals surface area (Å²) in [6.07, 6.45) is 5.93. The fourth-order valence-electron chi connectivity index (χ4n) is 3.27. The smallest absolute Gasteiger partial charge is 0.191 e. The number of fused-ring (bicyclic) bond motifs is 1. The summed E-state index contributed by atoms with van der Waals surface area (Å²) in [5, 5.41) is 18.1. The van der Waals surface area contributed by atoms with E-state index < -0.39 is 6.10 Å².